The summed E-state index contributed by atoms with van der Waals surface area (Å²) in [6.45, 7) is 4.63. The largest absolute Gasteiger partial charge is 0.361 e. The van der Waals surface area contributed by atoms with E-state index in [2.05, 4.69) is 39.6 Å². The van der Waals surface area contributed by atoms with Crippen molar-refractivity contribution in [3.63, 3.8) is 0 Å². The summed E-state index contributed by atoms with van der Waals surface area (Å²) < 4.78 is 5.35. The molecule has 1 aromatic heterocycles. The van der Waals surface area contributed by atoms with Crippen LogP contribution in [0.25, 0.3) is 0 Å². The summed E-state index contributed by atoms with van der Waals surface area (Å²) in [5, 5.41) is 8.57. The molecule has 4 rings (SSSR count). The van der Waals surface area contributed by atoms with Crippen LogP contribution in [0.1, 0.15) is 42.7 Å². The number of anilines is 1. The topological polar surface area (TPSA) is 41.3 Å². The molecular formula is C20H25N3OS. The van der Waals surface area contributed by atoms with Crippen LogP contribution >= 0.6 is 12.2 Å². The van der Waals surface area contributed by atoms with Crippen LogP contribution in [0.5, 0.6) is 0 Å². The molecule has 0 amide bonds. The van der Waals surface area contributed by atoms with E-state index in [1.54, 1.807) is 0 Å². The first-order valence-electron chi connectivity index (χ1n) is 9.16. The average Bonchev–Trinajstić information content (AvgIpc) is 3.31. The van der Waals surface area contributed by atoms with E-state index in [0.717, 1.165) is 39.7 Å². The highest BCUT2D eigenvalue weighted by molar-refractivity contribution is 7.80. The lowest BCUT2D eigenvalue weighted by molar-refractivity contribution is 0.390. The van der Waals surface area contributed by atoms with E-state index < -0.39 is 0 Å². The van der Waals surface area contributed by atoms with Crippen LogP contribution in [0.15, 0.2) is 34.9 Å². The minimum absolute atomic E-state index is 0.530. The molecule has 2 aliphatic rings. The Hall–Kier alpha value is -1.88. The number of thiocarbonyl (C=S) groups is 1. The highest BCUT2D eigenvalue weighted by Gasteiger charge is 2.40. The number of para-hydroxylation sites is 1. The minimum atomic E-state index is 0.530. The lowest BCUT2D eigenvalue weighted by Crippen LogP contribution is -2.46. The van der Waals surface area contributed by atoms with Gasteiger partial charge in [0.05, 0.1) is 12.2 Å². The normalized spacial score (nSPS) is 24.5. The van der Waals surface area contributed by atoms with Crippen LogP contribution < -0.4 is 10.2 Å². The van der Waals surface area contributed by atoms with Crippen LogP contribution in [0, 0.1) is 25.7 Å². The van der Waals surface area contributed by atoms with Crippen molar-refractivity contribution in [3.8, 4) is 0 Å². The lowest BCUT2D eigenvalue weighted by atomic mass is 9.95. The van der Waals surface area contributed by atoms with E-state index >= 15 is 0 Å². The van der Waals surface area contributed by atoms with Gasteiger partial charge in [-0.3, -0.25) is 0 Å². The molecular weight excluding hydrogens is 330 g/mol. The zero-order chi connectivity index (χ0) is 17.4. The van der Waals surface area contributed by atoms with Crippen LogP contribution in [-0.2, 0) is 6.54 Å². The summed E-state index contributed by atoms with van der Waals surface area (Å²) in [5.74, 6) is 2.55. The Labute approximate surface area is 154 Å². The zero-order valence-electron chi connectivity index (χ0n) is 14.9. The van der Waals surface area contributed by atoms with Crippen molar-refractivity contribution in [2.75, 3.05) is 4.90 Å². The van der Waals surface area contributed by atoms with Gasteiger partial charge in [0, 0.05) is 17.3 Å². The first-order chi connectivity index (χ1) is 12.1. The van der Waals surface area contributed by atoms with Gasteiger partial charge in [0.1, 0.15) is 5.76 Å². The summed E-state index contributed by atoms with van der Waals surface area (Å²) in [5.41, 5.74) is 3.14. The maximum atomic E-state index is 5.83. The van der Waals surface area contributed by atoms with Crippen molar-refractivity contribution in [1.82, 2.24) is 10.5 Å². The maximum absolute atomic E-state index is 5.83. The van der Waals surface area contributed by atoms with Gasteiger partial charge in [-0.2, -0.15) is 0 Å². The molecule has 0 aliphatic heterocycles. The number of benzene rings is 1. The average molecular weight is 356 g/mol. The van der Waals surface area contributed by atoms with Crippen molar-refractivity contribution >= 4 is 23.0 Å². The minimum Gasteiger partial charge on any atom is -0.361 e. The number of aromatic nitrogens is 1. The fourth-order valence-electron chi connectivity index (χ4n) is 4.43. The zero-order valence-corrected chi connectivity index (χ0v) is 15.7. The second-order valence-electron chi connectivity index (χ2n) is 7.46. The Morgan fingerprint density at radius 2 is 2.04 bits per heavy atom. The molecule has 3 atom stereocenters. The fourth-order valence-corrected chi connectivity index (χ4v) is 4.75. The van der Waals surface area contributed by atoms with E-state index in [1.165, 1.54) is 25.7 Å². The van der Waals surface area contributed by atoms with Gasteiger partial charge in [0.2, 0.25) is 0 Å². The number of fused-ring (bicyclic) bond motifs is 2. The number of aryl methyl sites for hydroxylation is 2. The first-order valence-corrected chi connectivity index (χ1v) is 9.57. The second kappa shape index (κ2) is 6.79. The van der Waals surface area contributed by atoms with Gasteiger partial charge in [0.25, 0.3) is 0 Å². The Balaban J connectivity index is 1.56. The fraction of sp³-hybridized carbons (Fsp3) is 0.500. The number of rotatable bonds is 4. The van der Waals surface area contributed by atoms with Gasteiger partial charge in [-0.25, -0.2) is 0 Å². The molecule has 2 aromatic rings. The van der Waals surface area contributed by atoms with Gasteiger partial charge in [-0.15, -0.1) is 0 Å². The third-order valence-electron chi connectivity index (χ3n) is 5.86. The molecule has 25 heavy (non-hydrogen) atoms. The highest BCUT2D eigenvalue weighted by Crippen LogP contribution is 2.44. The van der Waals surface area contributed by atoms with Crippen molar-refractivity contribution < 1.29 is 4.52 Å². The molecule has 4 nitrogen and oxygen atoms in total. The monoisotopic (exact) mass is 355 g/mol. The Bertz CT molecular complexity index is 738. The van der Waals surface area contributed by atoms with Gasteiger partial charge in [0.15, 0.2) is 5.11 Å². The molecule has 5 heteroatoms. The van der Waals surface area contributed by atoms with Gasteiger partial charge in [-0.1, -0.05) is 29.8 Å². The Morgan fingerprint density at radius 3 is 2.64 bits per heavy atom. The molecule has 1 N–H and O–H groups in total. The number of hydrogen-bond acceptors (Lipinski definition) is 3. The van der Waals surface area contributed by atoms with E-state index in [0.29, 0.717) is 12.6 Å². The smallest absolute Gasteiger partial charge is 0.174 e. The summed E-state index contributed by atoms with van der Waals surface area (Å²) in [6, 6.07) is 10.9. The van der Waals surface area contributed by atoms with Crippen molar-refractivity contribution in [2.24, 2.45) is 11.8 Å². The third kappa shape index (κ3) is 3.30. The number of nitrogens with one attached hydrogen (secondary N) is 1. The second-order valence-corrected chi connectivity index (χ2v) is 7.84. The Morgan fingerprint density at radius 1 is 1.24 bits per heavy atom. The van der Waals surface area contributed by atoms with Crippen LogP contribution in [0.2, 0.25) is 0 Å². The number of nitrogens with zero attached hydrogens (tertiary/aromatic N) is 2. The van der Waals surface area contributed by atoms with Crippen LogP contribution in [-0.4, -0.2) is 16.3 Å². The maximum Gasteiger partial charge on any atom is 0.174 e. The standard InChI is InChI=1S/C20H25N3OS/c1-13-18(14(2)24-22-13)12-23(17-6-4-3-5-7-17)20(25)21-19-11-15-8-9-16(19)10-15/h3-7,15-16,19H,8-12H2,1-2H3,(H,21,25)/t15-,16+,19+/m1/s1. The third-order valence-corrected chi connectivity index (χ3v) is 6.20. The summed E-state index contributed by atoms with van der Waals surface area (Å²) in [6.07, 6.45) is 5.38. The predicted octanol–water partition coefficient (Wildman–Crippen LogP) is 4.36. The number of hydrogen-bond donors (Lipinski definition) is 1. The van der Waals surface area contributed by atoms with Crippen molar-refractivity contribution in [2.45, 2.75) is 52.1 Å². The summed E-state index contributed by atoms with van der Waals surface area (Å²) >= 11 is 5.83. The van der Waals surface area contributed by atoms with E-state index in [-0.39, 0.29) is 0 Å². The summed E-state index contributed by atoms with van der Waals surface area (Å²) in [4.78, 5) is 2.17. The van der Waals surface area contributed by atoms with Crippen LogP contribution in [0.3, 0.4) is 0 Å². The van der Waals surface area contributed by atoms with Crippen LogP contribution in [0.4, 0.5) is 5.69 Å². The molecule has 0 unspecified atom stereocenters. The molecule has 2 bridgehead atoms. The lowest BCUT2D eigenvalue weighted by Gasteiger charge is -2.31. The molecule has 132 valence electrons. The molecule has 0 saturated heterocycles. The Kier molecular flexibility index (Phi) is 4.50. The van der Waals surface area contributed by atoms with E-state index in [4.69, 9.17) is 16.7 Å². The van der Waals surface area contributed by atoms with Crippen molar-refractivity contribution in [3.05, 3.63) is 47.3 Å². The molecule has 1 aromatic carbocycles. The quantitative estimate of drug-likeness (QED) is 0.825. The van der Waals surface area contributed by atoms with E-state index in [1.807, 2.05) is 19.9 Å². The molecule has 2 aliphatic carbocycles. The molecule has 0 radical (unpaired) electrons. The SMILES string of the molecule is Cc1noc(C)c1CN(C(=S)N[C@H]1C[C@@H]2CC[C@H]1C2)c1ccccc1. The van der Waals surface area contributed by atoms with Gasteiger partial charge < -0.3 is 14.7 Å². The molecule has 0 spiro atoms. The van der Waals surface area contributed by atoms with E-state index in [9.17, 15) is 0 Å². The molecule has 2 saturated carbocycles. The van der Waals surface area contributed by atoms with Gasteiger partial charge in [-0.05, 0) is 69.3 Å². The predicted molar refractivity (Wildman–Crippen MR) is 104 cm³/mol. The first kappa shape index (κ1) is 16.6. The van der Waals surface area contributed by atoms with Gasteiger partial charge >= 0.3 is 0 Å². The molecule has 2 fully saturated rings. The summed E-state index contributed by atoms with van der Waals surface area (Å²) in [7, 11) is 0. The van der Waals surface area contributed by atoms with Crippen molar-refractivity contribution in [1.29, 1.82) is 0 Å². The highest BCUT2D eigenvalue weighted by atomic mass is 32.1. The molecule has 1 heterocycles.